The van der Waals surface area contributed by atoms with Gasteiger partial charge in [-0.05, 0) is 46.9 Å². The summed E-state index contributed by atoms with van der Waals surface area (Å²) in [4.78, 5) is 25.2. The fourth-order valence-electron chi connectivity index (χ4n) is 3.01. The summed E-state index contributed by atoms with van der Waals surface area (Å²) in [5, 5.41) is 3.76. The average molecular weight is 452 g/mol. The van der Waals surface area contributed by atoms with E-state index < -0.39 is 0 Å². The monoisotopic (exact) mass is 451 g/mol. The lowest BCUT2D eigenvalue weighted by molar-refractivity contribution is -0.111. The van der Waals surface area contributed by atoms with E-state index in [1.165, 1.54) is 6.08 Å². The minimum Gasteiger partial charge on any atom is -0.322 e. The summed E-state index contributed by atoms with van der Waals surface area (Å²) in [7, 11) is 0. The Morgan fingerprint density at radius 2 is 1.58 bits per heavy atom. The lowest BCUT2D eigenvalue weighted by atomic mass is 9.86. The number of hydrogen-bond acceptors (Lipinski definition) is 2. The molecule has 0 saturated heterocycles. The van der Waals surface area contributed by atoms with Crippen LogP contribution in [0.5, 0.6) is 0 Å². The van der Waals surface area contributed by atoms with Crippen molar-refractivity contribution in [1.82, 2.24) is 0 Å². The third kappa shape index (κ3) is 6.06. The molecule has 5 heteroatoms. The van der Waals surface area contributed by atoms with Crippen LogP contribution in [0.1, 0.15) is 47.8 Å². The number of amides is 1. The highest BCUT2D eigenvalue weighted by Gasteiger charge is 2.15. The molecule has 0 fully saturated rings. The summed E-state index contributed by atoms with van der Waals surface area (Å²) in [6.45, 7) is 6.39. The second-order valence-corrected chi connectivity index (χ2v) is 9.07. The zero-order valence-corrected chi connectivity index (χ0v) is 19.1. The number of rotatable bonds is 5. The van der Waals surface area contributed by atoms with E-state index in [2.05, 4.69) is 26.1 Å². The van der Waals surface area contributed by atoms with Gasteiger partial charge in [0.1, 0.15) is 0 Å². The van der Waals surface area contributed by atoms with Gasteiger partial charge in [0.25, 0.3) is 0 Å². The second-order valence-electron chi connectivity index (χ2n) is 8.23. The Kier molecular flexibility index (Phi) is 6.99. The number of anilines is 1. The van der Waals surface area contributed by atoms with Gasteiger partial charge in [-0.25, -0.2) is 0 Å². The molecule has 0 aromatic heterocycles. The highest BCUT2D eigenvalue weighted by molar-refractivity contribution is 6.35. The highest BCUT2D eigenvalue weighted by Crippen LogP contribution is 2.24. The summed E-state index contributed by atoms with van der Waals surface area (Å²) in [5.41, 5.74) is 3.52. The summed E-state index contributed by atoms with van der Waals surface area (Å²) in [5.74, 6) is -0.426. The molecule has 0 bridgehead atoms. The Morgan fingerprint density at radius 3 is 2.23 bits per heavy atom. The smallest absolute Gasteiger partial charge is 0.248 e. The van der Waals surface area contributed by atoms with Gasteiger partial charge in [0.15, 0.2) is 5.78 Å². The number of benzene rings is 3. The number of halogens is 2. The van der Waals surface area contributed by atoms with Gasteiger partial charge in [0.05, 0.1) is 0 Å². The molecule has 0 unspecified atom stereocenters. The second kappa shape index (κ2) is 9.51. The van der Waals surface area contributed by atoms with Gasteiger partial charge in [-0.2, -0.15) is 0 Å². The molecule has 1 amide bonds. The number of hydrogen-bond donors (Lipinski definition) is 1. The summed E-state index contributed by atoms with van der Waals surface area (Å²) < 4.78 is 0. The van der Waals surface area contributed by atoms with Gasteiger partial charge >= 0.3 is 0 Å². The third-order valence-corrected chi connectivity index (χ3v) is 5.34. The first kappa shape index (κ1) is 22.8. The van der Waals surface area contributed by atoms with E-state index in [1.54, 1.807) is 48.5 Å². The highest BCUT2D eigenvalue weighted by atomic mass is 35.5. The average Bonchev–Trinajstić information content (AvgIpc) is 2.72. The molecule has 0 saturated carbocycles. The van der Waals surface area contributed by atoms with E-state index in [-0.39, 0.29) is 17.1 Å². The molecule has 3 nitrogen and oxygen atoms in total. The first-order valence-corrected chi connectivity index (χ1v) is 10.6. The fraction of sp³-hybridized carbons (Fsp3) is 0.154. The molecule has 0 aliphatic heterocycles. The molecular formula is C26H23Cl2NO2. The van der Waals surface area contributed by atoms with Gasteiger partial charge in [-0.3, -0.25) is 9.59 Å². The topological polar surface area (TPSA) is 46.2 Å². The molecule has 0 aliphatic rings. The molecule has 0 radical (unpaired) electrons. The van der Waals surface area contributed by atoms with Crippen LogP contribution in [0, 0.1) is 0 Å². The van der Waals surface area contributed by atoms with Gasteiger partial charge < -0.3 is 5.32 Å². The van der Waals surface area contributed by atoms with Crippen molar-refractivity contribution in [3.8, 4) is 0 Å². The van der Waals surface area contributed by atoms with Gasteiger partial charge in [-0.1, -0.05) is 86.4 Å². The van der Waals surface area contributed by atoms with Crippen molar-refractivity contribution >= 4 is 46.7 Å². The maximum absolute atomic E-state index is 12.9. The lowest BCUT2D eigenvalue weighted by Gasteiger charge is -2.19. The molecule has 3 rings (SSSR count). The Labute approximate surface area is 192 Å². The minimum atomic E-state index is -0.329. The fourth-order valence-corrected chi connectivity index (χ4v) is 3.48. The van der Waals surface area contributed by atoms with Crippen LogP contribution >= 0.6 is 23.2 Å². The van der Waals surface area contributed by atoms with Crippen molar-refractivity contribution in [2.75, 3.05) is 5.32 Å². The van der Waals surface area contributed by atoms with Gasteiger partial charge in [0, 0.05) is 32.9 Å². The van der Waals surface area contributed by atoms with Crippen molar-refractivity contribution < 1.29 is 9.59 Å². The number of ketones is 1. The van der Waals surface area contributed by atoms with Crippen LogP contribution in [0.15, 0.2) is 72.8 Å². The first-order valence-electron chi connectivity index (χ1n) is 9.83. The largest absolute Gasteiger partial charge is 0.322 e. The Balaban J connectivity index is 1.71. The quantitative estimate of drug-likeness (QED) is 0.329. The standard InChI is InChI=1S/C26H23Cl2NO2/c1-26(2,3)20-11-7-18(8-12-20)25(31)19-5-4-6-22(15-19)29-24(30)14-10-17-9-13-21(27)16-23(17)28/h4-16H,1-3H3,(H,29,30)/b14-10+. The van der Waals surface area contributed by atoms with Gasteiger partial charge in [-0.15, -0.1) is 0 Å². The van der Waals surface area contributed by atoms with Gasteiger partial charge in [0.2, 0.25) is 5.91 Å². The lowest BCUT2D eigenvalue weighted by Crippen LogP contribution is -2.11. The summed E-state index contributed by atoms with van der Waals surface area (Å²) in [6.07, 6.45) is 2.99. The van der Waals surface area contributed by atoms with Crippen LogP contribution in [-0.4, -0.2) is 11.7 Å². The molecule has 0 spiro atoms. The molecule has 0 heterocycles. The predicted molar refractivity (Wildman–Crippen MR) is 129 cm³/mol. The number of nitrogens with one attached hydrogen (secondary N) is 1. The van der Waals surface area contributed by atoms with Crippen molar-refractivity contribution in [2.24, 2.45) is 0 Å². The maximum Gasteiger partial charge on any atom is 0.248 e. The minimum absolute atomic E-state index is 0.0233. The normalized spacial score (nSPS) is 11.5. The predicted octanol–water partition coefficient (Wildman–Crippen LogP) is 7.17. The van der Waals surface area contributed by atoms with Crippen LogP contribution in [0.25, 0.3) is 6.08 Å². The van der Waals surface area contributed by atoms with Crippen LogP contribution in [0.2, 0.25) is 10.0 Å². The van der Waals surface area contributed by atoms with E-state index in [1.807, 2.05) is 24.3 Å². The van der Waals surface area contributed by atoms with Crippen molar-refractivity contribution in [3.63, 3.8) is 0 Å². The summed E-state index contributed by atoms with van der Waals surface area (Å²) in [6, 6.07) is 19.6. The van der Waals surface area contributed by atoms with Crippen LogP contribution in [0.4, 0.5) is 5.69 Å². The molecule has 0 aliphatic carbocycles. The molecule has 0 atom stereocenters. The summed E-state index contributed by atoms with van der Waals surface area (Å²) >= 11 is 12.0. The Morgan fingerprint density at radius 1 is 0.871 bits per heavy atom. The molecule has 31 heavy (non-hydrogen) atoms. The number of carbonyl (C=O) groups is 2. The van der Waals surface area contributed by atoms with Crippen molar-refractivity contribution in [3.05, 3.63) is 105 Å². The van der Waals surface area contributed by atoms with Crippen LogP contribution in [0.3, 0.4) is 0 Å². The van der Waals surface area contributed by atoms with E-state index in [4.69, 9.17) is 23.2 Å². The first-order chi connectivity index (χ1) is 14.6. The van der Waals surface area contributed by atoms with E-state index >= 15 is 0 Å². The molecule has 158 valence electrons. The van der Waals surface area contributed by atoms with E-state index in [9.17, 15) is 9.59 Å². The van der Waals surface area contributed by atoms with Crippen LogP contribution < -0.4 is 5.32 Å². The number of carbonyl (C=O) groups excluding carboxylic acids is 2. The van der Waals surface area contributed by atoms with E-state index in [0.29, 0.717) is 32.4 Å². The Bertz CT molecular complexity index is 1140. The molecule has 3 aromatic carbocycles. The zero-order chi connectivity index (χ0) is 22.6. The Hall–Kier alpha value is -2.88. The molecular weight excluding hydrogens is 429 g/mol. The third-order valence-electron chi connectivity index (χ3n) is 4.78. The van der Waals surface area contributed by atoms with Crippen molar-refractivity contribution in [1.29, 1.82) is 0 Å². The SMILES string of the molecule is CC(C)(C)c1ccc(C(=O)c2cccc(NC(=O)/C=C/c3ccc(Cl)cc3Cl)c2)cc1. The van der Waals surface area contributed by atoms with E-state index in [0.717, 1.165) is 5.56 Å². The molecule has 1 N–H and O–H groups in total. The maximum atomic E-state index is 12.9. The van der Waals surface area contributed by atoms with Crippen LogP contribution in [-0.2, 0) is 10.2 Å². The van der Waals surface area contributed by atoms with Crippen molar-refractivity contribution in [2.45, 2.75) is 26.2 Å². The zero-order valence-electron chi connectivity index (χ0n) is 17.6. The molecule has 3 aromatic rings.